The van der Waals surface area contributed by atoms with Crippen LogP contribution >= 0.6 is 0 Å². The maximum absolute atomic E-state index is 0. The zero-order valence-corrected chi connectivity index (χ0v) is 17.7. The molecule has 0 saturated carbocycles. The monoisotopic (exact) mass is 416 g/mol. The number of hydrogen-bond donors (Lipinski definition) is 0. The Kier molecular flexibility index (Phi) is 659. The van der Waals surface area contributed by atoms with E-state index in [-0.39, 0.29) is 161 Å². The first-order chi connectivity index (χ1) is 0. The topological polar surface area (TPSA) is 0 Å². The largest absolute Gasteiger partial charge is 0.358 e. The van der Waals surface area contributed by atoms with E-state index in [2.05, 4.69) is 0 Å². The molecular weight excluding hydrogens is 404 g/mol. The molecule has 4 radical (unpaired) electrons. The fraction of sp³-hybridized carbons (Fsp3) is 0. The fourth-order valence-corrected chi connectivity index (χ4v) is 0. The van der Waals surface area contributed by atoms with Gasteiger partial charge in [-0.3, -0.25) is 0 Å². The summed E-state index contributed by atoms with van der Waals surface area (Å²) < 4.78 is 0. The van der Waals surface area contributed by atoms with E-state index in [1.54, 1.807) is 0 Å². The van der Waals surface area contributed by atoms with Crippen LogP contribution in [0.25, 0.3) is 0 Å². The second-order valence-electron chi connectivity index (χ2n) is 0. The van der Waals surface area contributed by atoms with Gasteiger partial charge in [0, 0.05) is 131 Å². The second kappa shape index (κ2) is 63.5. The Hall–Kier alpha value is 4.42. The van der Waals surface area contributed by atoms with Crippen LogP contribution in [0.3, 0.4) is 0 Å². The van der Waals surface area contributed by atoms with E-state index in [9.17, 15) is 0 Å². The summed E-state index contributed by atoms with van der Waals surface area (Å²) in [6.45, 7) is 0. The molecule has 0 amide bonds. The van der Waals surface area contributed by atoms with E-state index in [0.29, 0.717) is 0 Å². The summed E-state index contributed by atoms with van der Waals surface area (Å²) in [6, 6.07) is 0. The van der Waals surface area contributed by atoms with E-state index < -0.39 is 0 Å². The Morgan fingerprint density at radius 1 is 0.250 bits per heavy atom. The van der Waals surface area contributed by atoms with E-state index in [1.807, 2.05) is 0 Å². The minimum absolute atomic E-state index is 0. The summed E-state index contributed by atoms with van der Waals surface area (Å²) in [5.41, 5.74) is 0. The van der Waals surface area contributed by atoms with Gasteiger partial charge >= 0.3 is 0 Å². The summed E-state index contributed by atoms with van der Waals surface area (Å²) in [7, 11) is 0. The van der Waals surface area contributed by atoms with Crippen LogP contribution in [0.1, 0.15) is 0 Å². The Labute approximate surface area is 156 Å². The van der Waals surface area contributed by atoms with Crippen LogP contribution < -0.4 is 0 Å². The molecule has 0 aromatic heterocycles. The van der Waals surface area contributed by atoms with Crippen molar-refractivity contribution in [3.8, 4) is 0 Å². The molecule has 0 unspecified atom stereocenters. The van der Waals surface area contributed by atoms with Gasteiger partial charge in [-0.25, -0.2) is 0 Å². The molecule has 0 bridgehead atoms. The van der Waals surface area contributed by atoms with Gasteiger partial charge in [0.2, 0.25) is 0 Å². The van der Waals surface area contributed by atoms with Crippen molar-refractivity contribution in [2.24, 2.45) is 0 Å². The molecule has 0 heterocycles. The molecule has 0 atom stereocenters. The Bertz CT molecular complexity index is 8.00. The molecule has 0 fully saturated rings. The minimum Gasteiger partial charge on any atom is -0.358 e. The molecule has 0 aliphatic carbocycles. The molecule has 0 aliphatic heterocycles. The maximum Gasteiger partial charge on any atom is 0 e. The molecule has 0 saturated heterocycles. The quantitative estimate of drug-likeness (QED) is 0.529. The van der Waals surface area contributed by atoms with Gasteiger partial charge in [0.05, 0.1) is 0 Å². The predicted molar refractivity (Wildman–Crippen MR) is 25.7 cm³/mol. The van der Waals surface area contributed by atoms with Crippen molar-refractivity contribution in [1.29, 1.82) is 0 Å². The third kappa shape index (κ3) is 47.4. The fourth-order valence-electron chi connectivity index (χ4n) is 0. The minimum atomic E-state index is 0. The predicted octanol–water partition coefficient (Wildman–Crippen LogP) is 1.79. The van der Waals surface area contributed by atoms with E-state index in [4.69, 9.17) is 0 Å². The second-order valence-corrected chi connectivity index (χ2v) is 0. The molecule has 0 aliphatic rings. The van der Waals surface area contributed by atoms with Gasteiger partial charge in [0.15, 0.2) is 0 Å². The van der Waals surface area contributed by atoms with Gasteiger partial charge < -0.3 is 29.7 Å². The number of rotatable bonds is 0. The number of hydrogen-bond acceptors (Lipinski definition) is 0. The van der Waals surface area contributed by atoms with Crippen LogP contribution in [-0.2, 0) is 131 Å². The van der Waals surface area contributed by atoms with Crippen molar-refractivity contribution in [3.63, 3.8) is 0 Å². The first-order valence-electron chi connectivity index (χ1n) is 0. The smallest absolute Gasteiger partial charge is 0 e. The third-order valence-electron chi connectivity index (χ3n) is 0. The zero-order valence-electron chi connectivity index (χ0n) is 6.31. The summed E-state index contributed by atoms with van der Waals surface area (Å²) in [5.74, 6) is 0. The summed E-state index contributed by atoms with van der Waals surface area (Å²) >= 11 is 0. The summed E-state index contributed by atoms with van der Waals surface area (Å²) in [6.07, 6.45) is 0. The van der Waals surface area contributed by atoms with E-state index in [0.717, 1.165) is 0 Å². The van der Waals surface area contributed by atoms with Crippen LogP contribution in [0.15, 0.2) is 0 Å². The Balaban J connectivity index is 0. The Morgan fingerprint density at radius 2 is 0.250 bits per heavy atom. The molecule has 0 aromatic carbocycles. The van der Waals surface area contributed by atoms with Crippen LogP contribution in [0.2, 0.25) is 0 Å². The molecule has 4 heteroatoms. The van der Waals surface area contributed by atoms with Crippen LogP contribution in [0.4, 0.5) is 0 Å². The van der Waals surface area contributed by atoms with Gasteiger partial charge in [-0.1, -0.05) is 0 Å². The average Bonchev–Trinajstić information content (AvgIpc) is 0. The normalized spacial score (nSPS) is 0. The van der Waals surface area contributed by atoms with Gasteiger partial charge in [0.25, 0.3) is 0 Å². The van der Waals surface area contributed by atoms with E-state index >= 15 is 0 Å². The molecule has 0 aromatic rings. The third-order valence-corrected chi connectivity index (χ3v) is 0. The molecular formula is C4H12Y4-4. The van der Waals surface area contributed by atoms with Gasteiger partial charge in [-0.05, 0) is 0 Å². The molecule has 0 spiro atoms. The molecule has 44 valence electrons. The molecule has 0 N–H and O–H groups in total. The van der Waals surface area contributed by atoms with Crippen LogP contribution in [0, 0.1) is 29.7 Å². The van der Waals surface area contributed by atoms with Crippen molar-refractivity contribution >= 4 is 0 Å². The van der Waals surface area contributed by atoms with Gasteiger partial charge in [0.1, 0.15) is 0 Å². The molecule has 0 nitrogen and oxygen atoms in total. The maximum atomic E-state index is 0. The first-order valence-corrected chi connectivity index (χ1v) is 0. The van der Waals surface area contributed by atoms with Gasteiger partial charge in [-0.15, -0.1) is 0 Å². The standard InChI is InChI=1S/4CH3.4Y/h4*1H3;;;;/q4*-1;;;;. The summed E-state index contributed by atoms with van der Waals surface area (Å²) in [5, 5.41) is 0. The summed E-state index contributed by atoms with van der Waals surface area (Å²) in [4.78, 5) is 0. The van der Waals surface area contributed by atoms with E-state index in [1.165, 1.54) is 0 Å². The van der Waals surface area contributed by atoms with Crippen molar-refractivity contribution in [1.82, 2.24) is 0 Å². The van der Waals surface area contributed by atoms with Gasteiger partial charge in [-0.2, -0.15) is 0 Å². The van der Waals surface area contributed by atoms with Crippen molar-refractivity contribution in [2.45, 2.75) is 0 Å². The van der Waals surface area contributed by atoms with Crippen LogP contribution in [0.5, 0.6) is 0 Å². The average molecular weight is 416 g/mol. The van der Waals surface area contributed by atoms with Crippen molar-refractivity contribution in [3.05, 3.63) is 29.7 Å². The Morgan fingerprint density at radius 3 is 0.250 bits per heavy atom. The van der Waals surface area contributed by atoms with Crippen LogP contribution in [-0.4, -0.2) is 0 Å². The molecule has 8 heavy (non-hydrogen) atoms. The SMILES string of the molecule is [CH3-].[CH3-].[CH3-].[CH3-].[Y].[Y].[Y].[Y]. The molecule has 0 rings (SSSR count). The van der Waals surface area contributed by atoms with Crippen molar-refractivity contribution in [2.75, 3.05) is 0 Å². The van der Waals surface area contributed by atoms with Crippen molar-refractivity contribution < 1.29 is 131 Å². The first kappa shape index (κ1) is 83.0. The zero-order chi connectivity index (χ0) is 0.